The summed E-state index contributed by atoms with van der Waals surface area (Å²) in [5.74, 6) is -0.860. The zero-order chi connectivity index (χ0) is 87.7. The molecule has 3 aromatic heterocycles. The van der Waals surface area contributed by atoms with E-state index in [0.717, 1.165) is 140 Å². The van der Waals surface area contributed by atoms with Crippen molar-refractivity contribution >= 4 is 110 Å². The highest BCUT2D eigenvalue weighted by atomic mass is 35.5. The van der Waals surface area contributed by atoms with Gasteiger partial charge in [0.2, 0.25) is 17.7 Å². The van der Waals surface area contributed by atoms with Gasteiger partial charge in [0, 0.05) is 148 Å². The van der Waals surface area contributed by atoms with Crippen LogP contribution in [0.4, 0.5) is 25.8 Å². The largest absolute Gasteiger partial charge is 0.360 e. The Labute approximate surface area is 763 Å². The third-order valence-electron chi connectivity index (χ3n) is 25.1. The second-order valence-electron chi connectivity index (χ2n) is 33.4. The first kappa shape index (κ1) is 90.5. The molecule has 0 radical (unpaired) electrons. The van der Waals surface area contributed by atoms with Crippen LogP contribution >= 0.6 is 69.1 Å². The summed E-state index contributed by atoms with van der Waals surface area (Å²) in [4.78, 5) is 72.1. The number of amides is 4. The lowest BCUT2D eigenvalue weighted by atomic mass is 9.79. The van der Waals surface area contributed by atoms with E-state index in [2.05, 4.69) is 184 Å². The van der Waals surface area contributed by atoms with E-state index in [1.165, 1.54) is 108 Å². The van der Waals surface area contributed by atoms with Crippen molar-refractivity contribution in [1.82, 2.24) is 40.2 Å². The minimum absolute atomic E-state index is 0.0127. The van der Waals surface area contributed by atoms with E-state index in [4.69, 9.17) is 51.1 Å². The predicted molar refractivity (Wildman–Crippen MR) is 506 cm³/mol. The van der Waals surface area contributed by atoms with Crippen LogP contribution in [0.5, 0.6) is 0 Å². The van der Waals surface area contributed by atoms with Crippen molar-refractivity contribution in [3.8, 4) is 60.6 Å². The number of nitriles is 1. The normalized spacial score (nSPS) is 16.5. The van der Waals surface area contributed by atoms with Crippen LogP contribution in [-0.4, -0.2) is 138 Å². The van der Waals surface area contributed by atoms with Crippen LogP contribution in [0.15, 0.2) is 242 Å². The van der Waals surface area contributed by atoms with Gasteiger partial charge in [-0.2, -0.15) is 5.26 Å². The van der Waals surface area contributed by atoms with Gasteiger partial charge in [0.05, 0.1) is 40.4 Å². The summed E-state index contributed by atoms with van der Waals surface area (Å²) in [6, 6.07) is 74.8. The Bertz CT molecular complexity index is 5740. The molecule has 17 rings (SSSR count). The molecular weight excluding hydrogens is 1710 g/mol. The van der Waals surface area contributed by atoms with E-state index in [0.29, 0.717) is 50.3 Å². The Morgan fingerprint density at radius 3 is 1.52 bits per heavy atom. The fourth-order valence-corrected chi connectivity index (χ4v) is 21.0. The molecule has 126 heavy (non-hydrogen) atoms. The number of anilines is 3. The molecule has 3 aliphatic heterocycles. The average molecular weight is 1810 g/mol. The quantitative estimate of drug-likeness (QED) is 0.0316. The summed E-state index contributed by atoms with van der Waals surface area (Å²) >= 11 is 27.7. The maximum atomic E-state index is 13.6. The van der Waals surface area contributed by atoms with Crippen LogP contribution in [0, 0.1) is 23.0 Å². The number of thiophene rings is 2. The number of likely N-dealkylation sites (tertiary alicyclic amines) is 3. The molecule has 0 atom stereocenters. The molecule has 5 aliphatic rings. The van der Waals surface area contributed by atoms with Crippen molar-refractivity contribution in [2.45, 2.75) is 125 Å². The Morgan fingerprint density at radius 2 is 1.02 bits per heavy atom. The molecule has 0 bridgehead atoms. The highest BCUT2D eigenvalue weighted by Crippen LogP contribution is 2.43. The highest BCUT2D eigenvalue weighted by Gasteiger charge is 2.42. The van der Waals surface area contributed by atoms with E-state index in [1.807, 2.05) is 60.0 Å². The molecule has 0 spiro atoms. The standard InChI is InChI=1S/C35H29Cl2N3O2S2.C33H35ClFN5O.C33H38ClFN4O2/c36-28-18-29(37)20-30(19-28)39-34(41)23-42-35(27-8-6-25(7-9-27)26-4-1-3-24(17-26)21-38)12-14-40(15-13-35)22-31-10-11-33(44-31)32-5-2-16-43-32;34-29-21-27(12-13-30(29)35)39-31(41)22-38-33(14-18-40(19-15-33)28-6-1-2-7-28)26-10-8-23(9-11-26)24-4-3-5-25(20-24)32-36-16-17-37-32;1-38(2)32(41)25-7-5-6-24(20-25)23-10-12-26(13-11-23)33(16-18-39(19-17-33)28-8-3-4-9-28)36-22-31(40)37-27-14-15-30(35)29(34)21-27/h1-11,16-20H,12-15,22-23H2,(H,39,41);3-5,8-13,16-17,20-21,28,38H,1-2,6-7,14-15,18-19,22H2,(H,36,37)(H,39,41);5-7,10-15,20-21,28,36H,3-4,8-9,16-19,22H2,1-2H3,(H,37,40). The number of hydrogen-bond acceptors (Lipinski definition) is 14. The number of nitrogens with one attached hydrogen (secondary N) is 6. The van der Waals surface area contributed by atoms with Gasteiger partial charge in [-0.3, -0.25) is 34.7 Å². The smallest absolute Gasteiger partial charge is 0.253 e. The van der Waals surface area contributed by atoms with Gasteiger partial charge in [-0.25, -0.2) is 13.8 Å². The Hall–Kier alpha value is -10.3. The van der Waals surface area contributed by atoms with Crippen molar-refractivity contribution in [2.24, 2.45) is 0 Å². The molecule has 650 valence electrons. The van der Waals surface area contributed by atoms with Crippen LogP contribution in [-0.2, 0) is 42.3 Å². The highest BCUT2D eigenvalue weighted by molar-refractivity contribution is 7.21. The third-order valence-corrected chi connectivity index (χ3v) is 28.2. The van der Waals surface area contributed by atoms with Gasteiger partial charge in [-0.15, -0.1) is 22.7 Å². The fourth-order valence-electron chi connectivity index (χ4n) is 18.2. The minimum Gasteiger partial charge on any atom is -0.360 e. The molecular formula is C101H102Cl4F2N12O5S2. The number of nitrogens with zero attached hydrogens (tertiary/aromatic N) is 6. The van der Waals surface area contributed by atoms with E-state index < -0.39 is 17.2 Å². The maximum absolute atomic E-state index is 13.6. The van der Waals surface area contributed by atoms with Crippen LogP contribution in [0.3, 0.4) is 0 Å². The lowest BCUT2D eigenvalue weighted by molar-refractivity contribution is -0.135. The average Bonchev–Trinajstić information content (AvgIpc) is 1.07. The number of halogens is 6. The minimum atomic E-state index is -0.621. The molecule has 2 saturated carbocycles. The number of aromatic nitrogens is 2. The number of aromatic amines is 1. The number of H-pyrrole nitrogens is 1. The Kier molecular flexibility index (Phi) is 30.3. The Balaban J connectivity index is 0.000000146. The first-order chi connectivity index (χ1) is 61.1. The first-order valence-electron chi connectivity index (χ1n) is 43.1. The van der Waals surface area contributed by atoms with Gasteiger partial charge in [0.1, 0.15) is 24.1 Å². The van der Waals surface area contributed by atoms with Gasteiger partial charge in [-0.1, -0.05) is 193 Å². The summed E-state index contributed by atoms with van der Waals surface area (Å²) in [7, 11) is 3.51. The molecule has 0 unspecified atom stereocenters. The second kappa shape index (κ2) is 42.1. The van der Waals surface area contributed by atoms with Gasteiger partial charge in [0.25, 0.3) is 5.91 Å². The number of ether oxygens (including phenoxy) is 1. The number of carbonyl (C=O) groups is 4. The van der Waals surface area contributed by atoms with E-state index in [-0.39, 0.29) is 64.4 Å². The number of hydrogen-bond donors (Lipinski definition) is 6. The van der Waals surface area contributed by atoms with E-state index in [9.17, 15) is 33.2 Å². The van der Waals surface area contributed by atoms with Gasteiger partial charge in [0.15, 0.2) is 0 Å². The number of piperidine rings is 3. The van der Waals surface area contributed by atoms with Crippen LogP contribution in [0.25, 0.3) is 54.5 Å². The molecule has 4 amide bonds. The molecule has 6 heterocycles. The van der Waals surface area contributed by atoms with Crippen molar-refractivity contribution in [3.05, 3.63) is 307 Å². The van der Waals surface area contributed by atoms with Gasteiger partial charge >= 0.3 is 0 Å². The first-order valence-corrected chi connectivity index (χ1v) is 46.3. The summed E-state index contributed by atoms with van der Waals surface area (Å²) in [6.45, 7) is 6.67. The van der Waals surface area contributed by atoms with Crippen LogP contribution in [0.1, 0.15) is 127 Å². The maximum Gasteiger partial charge on any atom is 0.253 e. The topological polar surface area (TPSA) is 203 Å². The zero-order valence-electron chi connectivity index (χ0n) is 70.5. The Morgan fingerprint density at radius 1 is 0.516 bits per heavy atom. The number of carbonyl (C=O) groups excluding carboxylic acids is 4. The molecule has 12 aromatic rings. The molecule has 2 aliphatic carbocycles. The fraction of sp³-hybridized carbons (Fsp3) is 0.307. The lowest BCUT2D eigenvalue weighted by Crippen LogP contribution is -2.54. The van der Waals surface area contributed by atoms with Crippen molar-refractivity contribution in [2.75, 3.05) is 89.0 Å². The summed E-state index contributed by atoms with van der Waals surface area (Å²) < 4.78 is 33.7. The lowest BCUT2D eigenvalue weighted by Gasteiger charge is -2.45. The third kappa shape index (κ3) is 23.0. The van der Waals surface area contributed by atoms with Gasteiger partial charge < -0.3 is 40.4 Å². The van der Waals surface area contributed by atoms with Crippen molar-refractivity contribution in [1.29, 1.82) is 5.26 Å². The second-order valence-corrected chi connectivity index (χ2v) is 37.2. The molecule has 6 N–H and O–H groups in total. The monoisotopic (exact) mass is 1800 g/mol. The van der Waals surface area contributed by atoms with E-state index in [1.54, 1.807) is 60.8 Å². The number of benzene rings is 9. The molecule has 17 nitrogen and oxygen atoms in total. The SMILES string of the molecule is CN(C)C(=O)c1cccc(-c2ccc(C3(NCC(=O)Nc4ccc(F)c(Cl)c4)CCN(C4CCCC4)CC3)cc2)c1.N#Cc1cccc(-c2ccc(C3(OCC(=O)Nc4cc(Cl)cc(Cl)c4)CCN(Cc4ccc(-c5cccs5)s4)CC3)cc2)c1.O=C(CNC1(c2ccc(-c3cccc(-c4ncc[nH]4)c3)cc2)CCN(C2CCCC2)CC1)Nc1ccc(F)c(Cl)c1. The summed E-state index contributed by atoms with van der Waals surface area (Å²) in [6.07, 6.45) is 19.1. The molecule has 25 heteroatoms. The number of imidazole rings is 1. The number of rotatable bonds is 25. The van der Waals surface area contributed by atoms with Crippen molar-refractivity contribution < 1.29 is 32.7 Å². The molecule has 9 aromatic carbocycles. The van der Waals surface area contributed by atoms with Crippen LogP contribution < -0.4 is 26.6 Å². The predicted octanol–water partition coefficient (Wildman–Crippen LogP) is 22.8. The van der Waals surface area contributed by atoms with Crippen LogP contribution in [0.2, 0.25) is 20.1 Å². The zero-order valence-corrected chi connectivity index (χ0v) is 75.2. The molecule has 5 fully saturated rings. The van der Waals surface area contributed by atoms with Gasteiger partial charge in [-0.05, 0) is 223 Å². The molecule has 3 saturated heterocycles. The summed E-state index contributed by atoms with van der Waals surface area (Å²) in [5.41, 5.74) is 12.2. The van der Waals surface area contributed by atoms with Crippen molar-refractivity contribution in [3.63, 3.8) is 0 Å². The summed E-state index contributed by atoms with van der Waals surface area (Å²) in [5, 5.41) is 28.1. The van der Waals surface area contributed by atoms with E-state index >= 15 is 0 Å².